The first-order valence-corrected chi connectivity index (χ1v) is 8.83. The number of benzene rings is 1. The van der Waals surface area contributed by atoms with Gasteiger partial charge in [-0.1, -0.05) is 18.2 Å². The van der Waals surface area contributed by atoms with Crippen molar-refractivity contribution >= 4 is 11.7 Å². The molecule has 130 valence electrons. The summed E-state index contributed by atoms with van der Waals surface area (Å²) in [5.41, 5.74) is 1.13. The monoisotopic (exact) mass is 338 g/mol. The maximum atomic E-state index is 12.8. The number of anilines is 1. The molecule has 25 heavy (non-hydrogen) atoms. The molecule has 0 bridgehead atoms. The van der Waals surface area contributed by atoms with Crippen molar-refractivity contribution in [1.82, 2.24) is 15.1 Å². The van der Waals surface area contributed by atoms with Crippen molar-refractivity contribution in [2.75, 3.05) is 25.0 Å². The first-order valence-electron chi connectivity index (χ1n) is 8.83. The van der Waals surface area contributed by atoms with Crippen molar-refractivity contribution in [2.45, 2.75) is 25.3 Å². The van der Waals surface area contributed by atoms with E-state index in [1.54, 1.807) is 6.20 Å². The predicted octanol–water partition coefficient (Wildman–Crippen LogP) is 2.13. The van der Waals surface area contributed by atoms with Crippen LogP contribution in [0.3, 0.4) is 0 Å². The minimum Gasteiger partial charge on any atom is -0.492 e. The second kappa shape index (κ2) is 7.09. The van der Waals surface area contributed by atoms with Crippen LogP contribution in [-0.2, 0) is 11.2 Å². The van der Waals surface area contributed by atoms with Gasteiger partial charge in [0.1, 0.15) is 18.2 Å². The molecule has 6 nitrogen and oxygen atoms in total. The van der Waals surface area contributed by atoms with Crippen LogP contribution in [0.5, 0.6) is 5.75 Å². The fraction of sp³-hybridized carbons (Fsp3) is 0.421. The van der Waals surface area contributed by atoms with Crippen LogP contribution in [0.25, 0.3) is 0 Å². The van der Waals surface area contributed by atoms with Gasteiger partial charge in [-0.3, -0.25) is 4.79 Å². The lowest BCUT2D eigenvalue weighted by molar-refractivity contribution is -0.137. The molecule has 1 aromatic carbocycles. The van der Waals surface area contributed by atoms with Gasteiger partial charge in [0.15, 0.2) is 0 Å². The van der Waals surface area contributed by atoms with Crippen LogP contribution < -0.4 is 10.1 Å². The summed E-state index contributed by atoms with van der Waals surface area (Å²) in [6.07, 6.45) is 4.28. The highest BCUT2D eigenvalue weighted by atomic mass is 16.5. The zero-order valence-corrected chi connectivity index (χ0v) is 14.1. The van der Waals surface area contributed by atoms with Gasteiger partial charge in [0.05, 0.1) is 5.92 Å². The standard InChI is InChI=1S/C19H22N4O2/c24-19(15-12-14-4-1-2-5-17(14)25-13-15)23-10-7-16(8-11-23)21-18-6-3-9-20-22-18/h1-6,9,15-16H,7-8,10-13H2,(H,21,22). The molecule has 0 saturated carbocycles. The Bertz CT molecular complexity index is 729. The average molecular weight is 338 g/mol. The highest BCUT2D eigenvalue weighted by molar-refractivity contribution is 5.80. The second-order valence-electron chi connectivity index (χ2n) is 6.67. The van der Waals surface area contributed by atoms with Crippen LogP contribution in [0.1, 0.15) is 18.4 Å². The number of hydrogen-bond acceptors (Lipinski definition) is 5. The molecule has 1 fully saturated rings. The smallest absolute Gasteiger partial charge is 0.229 e. The van der Waals surface area contributed by atoms with Crippen molar-refractivity contribution in [1.29, 1.82) is 0 Å². The molecule has 0 aliphatic carbocycles. The third kappa shape index (κ3) is 3.57. The van der Waals surface area contributed by atoms with E-state index in [0.29, 0.717) is 12.6 Å². The van der Waals surface area contributed by atoms with Crippen molar-refractivity contribution in [3.8, 4) is 5.75 Å². The summed E-state index contributed by atoms with van der Waals surface area (Å²) in [5, 5.41) is 11.3. The van der Waals surface area contributed by atoms with E-state index in [0.717, 1.165) is 49.5 Å². The largest absolute Gasteiger partial charge is 0.492 e. The van der Waals surface area contributed by atoms with Crippen LogP contribution >= 0.6 is 0 Å². The third-order valence-electron chi connectivity index (χ3n) is 4.96. The molecule has 0 radical (unpaired) electrons. The number of amides is 1. The van der Waals surface area contributed by atoms with E-state index in [-0.39, 0.29) is 11.8 Å². The van der Waals surface area contributed by atoms with Crippen molar-refractivity contribution < 1.29 is 9.53 Å². The average Bonchev–Trinajstić information content (AvgIpc) is 2.68. The van der Waals surface area contributed by atoms with Gasteiger partial charge < -0.3 is 15.0 Å². The number of nitrogens with zero attached hydrogens (tertiary/aromatic N) is 3. The lowest BCUT2D eigenvalue weighted by Crippen LogP contribution is -2.47. The molecule has 1 aromatic heterocycles. The molecule has 1 N–H and O–H groups in total. The fourth-order valence-electron chi connectivity index (χ4n) is 3.58. The number of aromatic nitrogens is 2. The molecule has 2 aliphatic rings. The van der Waals surface area contributed by atoms with E-state index in [9.17, 15) is 4.79 Å². The Labute approximate surface area is 147 Å². The van der Waals surface area contributed by atoms with Gasteiger partial charge in [-0.15, -0.1) is 5.10 Å². The van der Waals surface area contributed by atoms with Gasteiger partial charge in [0.25, 0.3) is 0 Å². The zero-order chi connectivity index (χ0) is 17.1. The van der Waals surface area contributed by atoms with E-state index in [4.69, 9.17) is 4.74 Å². The molecular weight excluding hydrogens is 316 g/mol. The molecule has 1 saturated heterocycles. The maximum Gasteiger partial charge on any atom is 0.229 e. The first kappa shape index (κ1) is 15.9. The Morgan fingerprint density at radius 1 is 1.16 bits per heavy atom. The Balaban J connectivity index is 1.31. The van der Waals surface area contributed by atoms with Gasteiger partial charge >= 0.3 is 0 Å². The molecule has 1 unspecified atom stereocenters. The Morgan fingerprint density at radius 3 is 2.80 bits per heavy atom. The van der Waals surface area contributed by atoms with Gasteiger partial charge in [0, 0.05) is 25.3 Å². The Morgan fingerprint density at radius 2 is 2.00 bits per heavy atom. The number of likely N-dealkylation sites (tertiary alicyclic amines) is 1. The maximum absolute atomic E-state index is 12.8. The second-order valence-corrected chi connectivity index (χ2v) is 6.67. The van der Waals surface area contributed by atoms with Crippen LogP contribution in [0, 0.1) is 5.92 Å². The molecule has 4 rings (SSSR count). The molecule has 0 spiro atoms. The quantitative estimate of drug-likeness (QED) is 0.929. The molecule has 1 atom stereocenters. The molecule has 2 aromatic rings. The highest BCUT2D eigenvalue weighted by Gasteiger charge is 2.31. The fourth-order valence-corrected chi connectivity index (χ4v) is 3.58. The number of nitrogens with one attached hydrogen (secondary N) is 1. The number of piperidine rings is 1. The number of carbonyl (C=O) groups is 1. The van der Waals surface area contributed by atoms with Crippen molar-refractivity contribution in [3.63, 3.8) is 0 Å². The minimum atomic E-state index is -0.0700. The zero-order valence-electron chi connectivity index (χ0n) is 14.1. The molecular formula is C19H22N4O2. The summed E-state index contributed by atoms with van der Waals surface area (Å²) in [6, 6.07) is 12.1. The van der Waals surface area contributed by atoms with E-state index in [2.05, 4.69) is 15.5 Å². The number of carbonyl (C=O) groups excluding carboxylic acids is 1. The highest BCUT2D eigenvalue weighted by Crippen LogP contribution is 2.28. The Kier molecular flexibility index (Phi) is 4.50. The number of hydrogen-bond donors (Lipinski definition) is 1. The van der Waals surface area contributed by atoms with Gasteiger partial charge in [0.2, 0.25) is 5.91 Å². The van der Waals surface area contributed by atoms with Crippen LogP contribution in [0.4, 0.5) is 5.82 Å². The van der Waals surface area contributed by atoms with Crippen LogP contribution in [0.2, 0.25) is 0 Å². The SMILES string of the molecule is O=C(C1COc2ccccc2C1)N1CCC(Nc2cccnn2)CC1. The number of ether oxygens (including phenoxy) is 1. The van der Waals surface area contributed by atoms with Gasteiger partial charge in [-0.2, -0.15) is 5.10 Å². The van der Waals surface area contributed by atoms with E-state index < -0.39 is 0 Å². The third-order valence-corrected chi connectivity index (χ3v) is 4.96. The Hall–Kier alpha value is -2.63. The molecule has 6 heteroatoms. The number of rotatable bonds is 3. The predicted molar refractivity (Wildman–Crippen MR) is 94.4 cm³/mol. The minimum absolute atomic E-state index is 0.0700. The van der Waals surface area contributed by atoms with E-state index in [1.807, 2.05) is 41.3 Å². The lowest BCUT2D eigenvalue weighted by atomic mass is 9.94. The van der Waals surface area contributed by atoms with E-state index >= 15 is 0 Å². The molecule has 1 amide bonds. The number of fused-ring (bicyclic) bond motifs is 1. The van der Waals surface area contributed by atoms with Gasteiger partial charge in [-0.25, -0.2) is 0 Å². The van der Waals surface area contributed by atoms with Crippen LogP contribution in [-0.4, -0.2) is 46.7 Å². The van der Waals surface area contributed by atoms with E-state index in [1.165, 1.54) is 0 Å². The summed E-state index contributed by atoms with van der Waals surface area (Å²) in [4.78, 5) is 14.8. The summed E-state index contributed by atoms with van der Waals surface area (Å²) in [5.74, 6) is 1.86. The van der Waals surface area contributed by atoms with Crippen LogP contribution in [0.15, 0.2) is 42.6 Å². The number of para-hydroxylation sites is 1. The lowest BCUT2D eigenvalue weighted by Gasteiger charge is -2.35. The summed E-state index contributed by atoms with van der Waals surface area (Å²) in [6.45, 7) is 2.03. The summed E-state index contributed by atoms with van der Waals surface area (Å²) in [7, 11) is 0. The van der Waals surface area contributed by atoms with Crippen molar-refractivity contribution in [3.05, 3.63) is 48.2 Å². The van der Waals surface area contributed by atoms with Crippen molar-refractivity contribution in [2.24, 2.45) is 5.92 Å². The molecule has 2 aliphatic heterocycles. The van der Waals surface area contributed by atoms with Gasteiger partial charge in [-0.05, 0) is 43.0 Å². The first-order chi connectivity index (χ1) is 12.3. The molecule has 3 heterocycles. The summed E-state index contributed by atoms with van der Waals surface area (Å²) < 4.78 is 5.77. The normalized spacial score (nSPS) is 20.5. The summed E-state index contributed by atoms with van der Waals surface area (Å²) >= 11 is 0. The topological polar surface area (TPSA) is 67.3 Å².